The molecule has 2 aliphatic rings. The molecule has 0 spiro atoms. The molecule has 0 unspecified atom stereocenters. The molecule has 0 aliphatic heterocycles. The van der Waals surface area contributed by atoms with Crippen molar-refractivity contribution in [1.29, 1.82) is 0 Å². The Morgan fingerprint density at radius 1 is 0.536 bits per heavy atom. The van der Waals surface area contributed by atoms with Crippen LogP contribution in [-0.4, -0.2) is 14.7 Å². The van der Waals surface area contributed by atoms with Crippen molar-refractivity contribution >= 4 is 17.9 Å². The van der Waals surface area contributed by atoms with Gasteiger partial charge in [-0.05, 0) is 0 Å². The second-order valence-corrected chi connectivity index (χ2v) is 11.7. The van der Waals surface area contributed by atoms with Gasteiger partial charge in [0.15, 0.2) is 0 Å². The first-order chi connectivity index (χ1) is 13.5. The summed E-state index contributed by atoms with van der Waals surface area (Å²) >= 11 is 0. The van der Waals surface area contributed by atoms with Crippen molar-refractivity contribution in [2.75, 3.05) is 0 Å². The molecule has 2 saturated carbocycles. The summed E-state index contributed by atoms with van der Waals surface area (Å²) in [4.78, 5) is 34.8. The molecular weight excluding hydrogens is 367 g/mol. The van der Waals surface area contributed by atoms with E-state index in [1.807, 2.05) is 36.4 Å². The molecule has 2 fully saturated rings. The Balaban J connectivity index is 1.81. The quantitative estimate of drug-likeness (QED) is 0.633. The molecule has 2 aliphatic carbocycles. The standard InChI is InChI=1S/C24H33O3P/c25-28(26,27,23-17-9-7-15-21(23)19-11-3-1-4-12-19)24-18-10-8-16-22(24)20-13-5-2-6-14-20/h7-10,15-20,25-27H,1-6,11-14H2. The Kier molecular flexibility index (Phi) is 5.64. The molecular formula is C24H33O3P. The molecule has 0 aromatic heterocycles. The van der Waals surface area contributed by atoms with E-state index in [1.165, 1.54) is 12.8 Å². The molecule has 0 amide bonds. The van der Waals surface area contributed by atoms with Crippen LogP contribution in [0.3, 0.4) is 0 Å². The van der Waals surface area contributed by atoms with Crippen molar-refractivity contribution in [3.63, 3.8) is 0 Å². The Labute approximate surface area is 168 Å². The molecule has 152 valence electrons. The number of benzene rings is 2. The first kappa shape index (κ1) is 20.0. The second kappa shape index (κ2) is 7.88. The zero-order valence-electron chi connectivity index (χ0n) is 16.6. The molecule has 3 N–H and O–H groups in total. The van der Waals surface area contributed by atoms with Gasteiger partial charge in [-0.25, -0.2) is 0 Å². The molecule has 0 radical (unpaired) electrons. The van der Waals surface area contributed by atoms with E-state index in [9.17, 15) is 14.7 Å². The van der Waals surface area contributed by atoms with Gasteiger partial charge in [0.25, 0.3) is 0 Å². The second-order valence-electron chi connectivity index (χ2n) is 8.77. The molecule has 4 heteroatoms. The van der Waals surface area contributed by atoms with Crippen LogP contribution in [0.2, 0.25) is 0 Å². The molecule has 3 nitrogen and oxygen atoms in total. The maximum absolute atomic E-state index is 11.6. The molecule has 0 saturated heterocycles. The normalized spacial score (nSPS) is 21.2. The number of rotatable bonds is 4. The van der Waals surface area contributed by atoms with Crippen LogP contribution < -0.4 is 10.6 Å². The summed E-state index contributed by atoms with van der Waals surface area (Å²) < 4.78 is 0. The van der Waals surface area contributed by atoms with Crippen LogP contribution in [0.15, 0.2) is 48.5 Å². The van der Waals surface area contributed by atoms with Crippen LogP contribution in [0.1, 0.15) is 87.2 Å². The molecule has 2 aromatic carbocycles. The Morgan fingerprint density at radius 2 is 0.893 bits per heavy atom. The Bertz CT molecular complexity index is 746. The van der Waals surface area contributed by atoms with Gasteiger partial charge in [-0.1, -0.05) is 0 Å². The van der Waals surface area contributed by atoms with E-state index in [4.69, 9.17) is 0 Å². The van der Waals surface area contributed by atoms with Gasteiger partial charge in [0.1, 0.15) is 0 Å². The maximum atomic E-state index is 11.6. The summed E-state index contributed by atoms with van der Waals surface area (Å²) in [5, 5.41) is 0.701. The summed E-state index contributed by atoms with van der Waals surface area (Å²) in [6.45, 7) is 0. The zero-order chi connectivity index (χ0) is 19.6. The minimum absolute atomic E-state index is 0.291. The van der Waals surface area contributed by atoms with E-state index in [0.29, 0.717) is 22.4 Å². The van der Waals surface area contributed by atoms with Gasteiger partial charge in [0, 0.05) is 0 Å². The van der Waals surface area contributed by atoms with Crippen LogP contribution in [-0.2, 0) is 0 Å². The van der Waals surface area contributed by atoms with Crippen LogP contribution >= 0.6 is 7.28 Å². The third-order valence-corrected chi connectivity index (χ3v) is 9.44. The van der Waals surface area contributed by atoms with Crippen molar-refractivity contribution in [2.45, 2.75) is 76.0 Å². The fraction of sp³-hybridized carbons (Fsp3) is 0.500. The van der Waals surface area contributed by atoms with E-state index in [0.717, 1.165) is 62.5 Å². The molecule has 28 heavy (non-hydrogen) atoms. The van der Waals surface area contributed by atoms with Gasteiger partial charge >= 0.3 is 168 Å². The summed E-state index contributed by atoms with van der Waals surface area (Å²) in [7, 11) is -5.21. The third kappa shape index (κ3) is 3.78. The monoisotopic (exact) mass is 400 g/mol. The number of hydrogen-bond donors (Lipinski definition) is 3. The third-order valence-electron chi connectivity index (χ3n) is 6.85. The first-order valence-corrected chi connectivity index (χ1v) is 13.0. The molecule has 0 bridgehead atoms. The predicted octanol–water partition coefficient (Wildman–Crippen LogP) is 5.01. The average Bonchev–Trinajstić information content (AvgIpc) is 2.75. The zero-order valence-corrected chi connectivity index (χ0v) is 17.5. The fourth-order valence-electron chi connectivity index (χ4n) is 5.37. The molecule has 2 aromatic rings. The SMILES string of the molecule is OP(O)(O)(c1ccccc1C1CCCCC1)c1ccccc1C1CCCCC1. The van der Waals surface area contributed by atoms with Crippen molar-refractivity contribution in [2.24, 2.45) is 0 Å². The molecule has 0 heterocycles. The van der Waals surface area contributed by atoms with E-state index in [2.05, 4.69) is 0 Å². The Hall–Kier alpha value is -1.25. The van der Waals surface area contributed by atoms with E-state index < -0.39 is 7.28 Å². The van der Waals surface area contributed by atoms with Gasteiger partial charge in [-0.3, -0.25) is 0 Å². The van der Waals surface area contributed by atoms with Gasteiger partial charge in [0.05, 0.1) is 0 Å². The van der Waals surface area contributed by atoms with Crippen LogP contribution in [0.4, 0.5) is 0 Å². The first-order valence-electron chi connectivity index (χ1n) is 10.9. The predicted molar refractivity (Wildman–Crippen MR) is 117 cm³/mol. The molecule has 0 atom stereocenters. The Morgan fingerprint density at radius 3 is 1.29 bits per heavy atom. The molecule has 4 rings (SSSR count). The topological polar surface area (TPSA) is 60.7 Å². The van der Waals surface area contributed by atoms with Crippen molar-refractivity contribution in [3.05, 3.63) is 59.7 Å². The van der Waals surface area contributed by atoms with Gasteiger partial charge in [-0.15, -0.1) is 0 Å². The van der Waals surface area contributed by atoms with Crippen molar-refractivity contribution in [3.8, 4) is 0 Å². The number of hydrogen-bond acceptors (Lipinski definition) is 3. The van der Waals surface area contributed by atoms with Gasteiger partial charge in [0.2, 0.25) is 0 Å². The van der Waals surface area contributed by atoms with Gasteiger partial charge < -0.3 is 0 Å². The van der Waals surface area contributed by atoms with E-state index in [-0.39, 0.29) is 0 Å². The summed E-state index contributed by atoms with van der Waals surface area (Å²) in [6.07, 6.45) is 11.3. The van der Waals surface area contributed by atoms with Crippen LogP contribution in [0, 0.1) is 0 Å². The minimum atomic E-state index is -5.21. The fourth-order valence-corrected chi connectivity index (χ4v) is 7.82. The summed E-state index contributed by atoms with van der Waals surface area (Å²) in [5.74, 6) is 0.583. The van der Waals surface area contributed by atoms with Crippen LogP contribution in [0.25, 0.3) is 0 Å². The van der Waals surface area contributed by atoms with Crippen LogP contribution in [0.5, 0.6) is 0 Å². The van der Waals surface area contributed by atoms with E-state index in [1.54, 1.807) is 12.1 Å². The van der Waals surface area contributed by atoms with E-state index >= 15 is 0 Å². The average molecular weight is 400 g/mol. The van der Waals surface area contributed by atoms with Crippen molar-refractivity contribution < 1.29 is 14.7 Å². The van der Waals surface area contributed by atoms with Crippen molar-refractivity contribution in [1.82, 2.24) is 0 Å². The summed E-state index contributed by atoms with van der Waals surface area (Å²) in [6, 6.07) is 15.0. The summed E-state index contributed by atoms with van der Waals surface area (Å²) in [5.41, 5.74) is 1.84. The van der Waals surface area contributed by atoms with Gasteiger partial charge in [-0.2, -0.15) is 0 Å².